The molecule has 1 aliphatic rings. The molecule has 3 atom stereocenters. The molecule has 5 rings (SSSR count). The van der Waals surface area contributed by atoms with Gasteiger partial charge in [0.2, 0.25) is 0 Å². The molecule has 8 heteroatoms. The highest BCUT2D eigenvalue weighted by Gasteiger charge is 2.36. The highest BCUT2D eigenvalue weighted by Crippen LogP contribution is 2.35. The molecule has 0 bridgehead atoms. The van der Waals surface area contributed by atoms with E-state index in [0.717, 1.165) is 48.2 Å². The van der Waals surface area contributed by atoms with Crippen molar-refractivity contribution < 1.29 is 0 Å². The van der Waals surface area contributed by atoms with Crippen LogP contribution in [-0.4, -0.2) is 49.4 Å². The number of aryl methyl sites for hydroxylation is 1. The van der Waals surface area contributed by atoms with Gasteiger partial charge in [-0.1, -0.05) is 25.8 Å². The second-order valence-corrected chi connectivity index (χ2v) is 10.5. The number of nitrogens with zero attached hydrogens (tertiary/aromatic N) is 6. The standard InChI is InChI=1S/C28H34N6OS/c1-6-9-12-32-17-25-28(30-32)24(14-27(35)31(25)5)34-16-21(7-2)33(15-22(34)8-3)19(4)20-10-11-26-23(13-20)29-18-36-26/h10-11,13-14,17-19,21-22H,7-8,12,15-16H2,1-5H3/t19-,21-,22+/m1/s1. The predicted molar refractivity (Wildman–Crippen MR) is 149 cm³/mol. The largest absolute Gasteiger partial charge is 0.364 e. The number of fused-ring (bicyclic) bond motifs is 2. The van der Waals surface area contributed by atoms with E-state index in [1.54, 1.807) is 22.0 Å². The number of thiazole rings is 1. The van der Waals surface area contributed by atoms with E-state index in [1.807, 2.05) is 30.4 Å². The molecule has 0 spiro atoms. The van der Waals surface area contributed by atoms with Gasteiger partial charge < -0.3 is 9.47 Å². The van der Waals surface area contributed by atoms with E-state index in [2.05, 4.69) is 65.6 Å². The molecule has 0 saturated carbocycles. The van der Waals surface area contributed by atoms with Crippen LogP contribution in [0.15, 0.2) is 40.8 Å². The molecule has 188 valence electrons. The first-order valence-corrected chi connectivity index (χ1v) is 13.6. The van der Waals surface area contributed by atoms with Gasteiger partial charge in [0.25, 0.3) is 5.56 Å². The number of rotatable bonds is 6. The van der Waals surface area contributed by atoms with E-state index in [1.165, 1.54) is 10.3 Å². The van der Waals surface area contributed by atoms with Crippen molar-refractivity contribution in [3.63, 3.8) is 0 Å². The molecular weight excluding hydrogens is 468 g/mol. The van der Waals surface area contributed by atoms with Gasteiger partial charge in [0.1, 0.15) is 12.1 Å². The summed E-state index contributed by atoms with van der Waals surface area (Å²) in [6.07, 6.45) is 3.96. The van der Waals surface area contributed by atoms with Crippen LogP contribution < -0.4 is 10.5 Å². The SMILES string of the molecule is CC#CCn1cc2c(n1)c(N1C[C@@H](CC)N([C@H](C)c3ccc4scnc4c3)C[C@@H]1CC)cc(=O)n2C. The minimum atomic E-state index is -0.00566. The average Bonchev–Trinajstić information content (AvgIpc) is 3.55. The number of piperazine rings is 1. The number of hydrogen-bond donors (Lipinski definition) is 0. The molecule has 0 N–H and O–H groups in total. The highest BCUT2D eigenvalue weighted by molar-refractivity contribution is 7.16. The Morgan fingerprint density at radius 2 is 1.97 bits per heavy atom. The quantitative estimate of drug-likeness (QED) is 0.354. The van der Waals surface area contributed by atoms with Gasteiger partial charge in [0.05, 0.1) is 33.1 Å². The Morgan fingerprint density at radius 3 is 2.72 bits per heavy atom. The van der Waals surface area contributed by atoms with Gasteiger partial charge in [-0.3, -0.25) is 14.4 Å². The summed E-state index contributed by atoms with van der Waals surface area (Å²) in [6, 6.07) is 9.40. The van der Waals surface area contributed by atoms with Gasteiger partial charge in [-0.25, -0.2) is 4.98 Å². The van der Waals surface area contributed by atoms with Crippen LogP contribution in [0.4, 0.5) is 5.69 Å². The topological polar surface area (TPSA) is 59.2 Å². The lowest BCUT2D eigenvalue weighted by molar-refractivity contribution is 0.101. The molecule has 1 saturated heterocycles. The summed E-state index contributed by atoms with van der Waals surface area (Å²) >= 11 is 1.69. The molecule has 4 heterocycles. The van der Waals surface area contributed by atoms with E-state index < -0.39 is 0 Å². The maximum atomic E-state index is 13.0. The molecule has 1 aromatic carbocycles. The lowest BCUT2D eigenvalue weighted by atomic mass is 9.96. The molecule has 3 aromatic heterocycles. The third-order valence-corrected chi connectivity index (χ3v) is 8.49. The van der Waals surface area contributed by atoms with Gasteiger partial charge in [-0.2, -0.15) is 5.10 Å². The van der Waals surface area contributed by atoms with Crippen molar-refractivity contribution in [1.82, 2.24) is 24.2 Å². The fourth-order valence-corrected chi connectivity index (χ4v) is 6.14. The Kier molecular flexibility index (Phi) is 6.87. The molecule has 4 aromatic rings. The summed E-state index contributed by atoms with van der Waals surface area (Å²) in [5.41, 5.74) is 6.97. The van der Waals surface area contributed by atoms with E-state index in [-0.39, 0.29) is 17.6 Å². The first-order chi connectivity index (χ1) is 17.4. The van der Waals surface area contributed by atoms with Gasteiger partial charge in [-0.15, -0.1) is 17.3 Å². The molecule has 1 aliphatic heterocycles. The molecular formula is C28H34N6OS. The summed E-state index contributed by atoms with van der Waals surface area (Å²) in [4.78, 5) is 22.6. The van der Waals surface area contributed by atoms with Crippen LogP contribution in [-0.2, 0) is 13.6 Å². The average molecular weight is 503 g/mol. The summed E-state index contributed by atoms with van der Waals surface area (Å²) in [5.74, 6) is 6.01. The Labute approximate surface area is 216 Å². The smallest absolute Gasteiger partial charge is 0.252 e. The number of pyridine rings is 1. The lowest BCUT2D eigenvalue weighted by Crippen LogP contribution is -2.58. The molecule has 36 heavy (non-hydrogen) atoms. The van der Waals surface area contributed by atoms with Crippen LogP contribution in [0.1, 0.15) is 52.1 Å². The summed E-state index contributed by atoms with van der Waals surface area (Å²) in [6.45, 7) is 11.0. The van der Waals surface area contributed by atoms with Gasteiger partial charge in [0, 0.05) is 44.3 Å². The van der Waals surface area contributed by atoms with Crippen molar-refractivity contribution in [2.45, 2.75) is 65.2 Å². The van der Waals surface area contributed by atoms with Crippen molar-refractivity contribution in [2.75, 3.05) is 18.0 Å². The van der Waals surface area contributed by atoms with E-state index >= 15 is 0 Å². The molecule has 7 nitrogen and oxygen atoms in total. The highest BCUT2D eigenvalue weighted by atomic mass is 32.1. The fourth-order valence-electron chi connectivity index (χ4n) is 5.48. The Balaban J connectivity index is 1.50. The first-order valence-electron chi connectivity index (χ1n) is 12.8. The number of benzene rings is 1. The maximum Gasteiger partial charge on any atom is 0.252 e. The van der Waals surface area contributed by atoms with Crippen molar-refractivity contribution in [1.29, 1.82) is 0 Å². The van der Waals surface area contributed by atoms with Crippen LogP contribution in [0.25, 0.3) is 21.3 Å². The lowest BCUT2D eigenvalue weighted by Gasteiger charge is -2.49. The third-order valence-electron chi connectivity index (χ3n) is 7.68. The maximum absolute atomic E-state index is 13.0. The van der Waals surface area contributed by atoms with Crippen LogP contribution in [0.5, 0.6) is 0 Å². The van der Waals surface area contributed by atoms with Crippen molar-refractivity contribution in [3.05, 3.63) is 51.9 Å². The van der Waals surface area contributed by atoms with Crippen molar-refractivity contribution >= 4 is 38.3 Å². The minimum absolute atomic E-state index is 0.00566. The molecule has 0 aliphatic carbocycles. The Morgan fingerprint density at radius 1 is 1.17 bits per heavy atom. The molecule has 1 fully saturated rings. The van der Waals surface area contributed by atoms with Crippen molar-refractivity contribution in [2.24, 2.45) is 7.05 Å². The fraction of sp³-hybridized carbons (Fsp3) is 0.464. The summed E-state index contributed by atoms with van der Waals surface area (Å²) in [7, 11) is 1.82. The number of aromatic nitrogens is 4. The number of hydrogen-bond acceptors (Lipinski definition) is 6. The molecule has 0 amide bonds. The Bertz CT molecular complexity index is 1510. The zero-order valence-corrected chi connectivity index (χ0v) is 22.5. The van der Waals surface area contributed by atoms with E-state index in [4.69, 9.17) is 5.10 Å². The van der Waals surface area contributed by atoms with Crippen LogP contribution in [0, 0.1) is 11.8 Å². The molecule has 0 radical (unpaired) electrons. The second-order valence-electron chi connectivity index (χ2n) is 9.64. The van der Waals surface area contributed by atoms with Gasteiger partial charge >= 0.3 is 0 Å². The van der Waals surface area contributed by atoms with E-state index in [9.17, 15) is 4.79 Å². The normalized spacial score (nSPS) is 19.5. The minimum Gasteiger partial charge on any atom is -0.364 e. The monoisotopic (exact) mass is 502 g/mol. The molecule has 0 unspecified atom stereocenters. The Hall–Kier alpha value is -3.15. The van der Waals surface area contributed by atoms with Crippen LogP contribution in [0.3, 0.4) is 0 Å². The number of anilines is 1. The second kappa shape index (κ2) is 10.1. The van der Waals surface area contributed by atoms with Crippen molar-refractivity contribution in [3.8, 4) is 11.8 Å². The van der Waals surface area contributed by atoms with Gasteiger partial charge in [-0.05, 0) is 44.4 Å². The summed E-state index contributed by atoms with van der Waals surface area (Å²) in [5, 5.41) is 4.87. The zero-order valence-electron chi connectivity index (χ0n) is 21.7. The summed E-state index contributed by atoms with van der Waals surface area (Å²) < 4.78 is 4.76. The first kappa shape index (κ1) is 24.5. The third kappa shape index (κ3) is 4.31. The van der Waals surface area contributed by atoms with Gasteiger partial charge in [0.15, 0.2) is 0 Å². The zero-order chi connectivity index (χ0) is 25.4. The van der Waals surface area contributed by atoms with Crippen LogP contribution >= 0.6 is 11.3 Å². The van der Waals surface area contributed by atoms with Crippen LogP contribution in [0.2, 0.25) is 0 Å². The van der Waals surface area contributed by atoms with E-state index in [0.29, 0.717) is 12.6 Å². The predicted octanol–water partition coefficient (Wildman–Crippen LogP) is 4.81.